The Kier molecular flexibility index (Phi) is 8.15. The highest BCUT2D eigenvalue weighted by Crippen LogP contribution is 2.40. The third kappa shape index (κ3) is 6.99. The van der Waals surface area contributed by atoms with E-state index in [1.807, 2.05) is 0 Å². The van der Waals surface area contributed by atoms with Crippen LogP contribution >= 0.6 is 0 Å². The van der Waals surface area contributed by atoms with Crippen LogP contribution in [0.1, 0.15) is 34.6 Å². The van der Waals surface area contributed by atoms with Crippen LogP contribution in [0, 0.1) is 0 Å². The van der Waals surface area contributed by atoms with Gasteiger partial charge in [-0.3, -0.25) is 19.1 Å². The third-order valence-corrected chi connectivity index (χ3v) is 6.67. The summed E-state index contributed by atoms with van der Waals surface area (Å²) in [6.45, 7) is 4.60. The molecular weight excluding hydrogens is 516 g/mol. The van der Waals surface area contributed by atoms with Crippen molar-refractivity contribution < 1.29 is 41.0 Å². The van der Waals surface area contributed by atoms with Gasteiger partial charge in [0.1, 0.15) is 17.5 Å². The van der Waals surface area contributed by atoms with Gasteiger partial charge in [0.2, 0.25) is 5.91 Å². The number of carbonyl (C=O) groups is 2. The number of aryl methyl sites for hydroxylation is 1. The normalized spacial score (nSPS) is 15.6. The van der Waals surface area contributed by atoms with Gasteiger partial charge in [-0.15, -0.1) is 5.10 Å². The van der Waals surface area contributed by atoms with Crippen LogP contribution in [-0.4, -0.2) is 61.6 Å². The fourth-order valence-electron chi connectivity index (χ4n) is 3.41. The monoisotopic (exact) mass is 545 g/mol. The third-order valence-electron chi connectivity index (χ3n) is 4.90. The standard InChI is InChI=1S/C22H29F2N5O7S/c1-6-28-12-18(19(27-28)35-20(23)24)37(32,33)29-11-15(10-25-13(2)30)34-17-8-7-14(9-16(17)29)26-21(31)36-22(3,4)5/h7-9,12,15,20H,6,10-11H2,1-5H3,(H,25,30)(H,26,31). The van der Waals surface area contributed by atoms with Gasteiger partial charge in [0.05, 0.1) is 18.8 Å². The van der Waals surface area contributed by atoms with Crippen molar-refractivity contribution in [3.63, 3.8) is 0 Å². The number of sulfonamides is 1. The highest BCUT2D eigenvalue weighted by atomic mass is 32.2. The number of halogens is 2. The quantitative estimate of drug-likeness (QED) is 0.516. The molecule has 37 heavy (non-hydrogen) atoms. The molecule has 0 fully saturated rings. The summed E-state index contributed by atoms with van der Waals surface area (Å²) in [5.74, 6) is -0.983. The molecule has 0 saturated carbocycles. The molecular formula is C22H29F2N5O7S. The maximum atomic E-state index is 13.8. The zero-order valence-electron chi connectivity index (χ0n) is 20.9. The van der Waals surface area contributed by atoms with Gasteiger partial charge in [-0.25, -0.2) is 13.2 Å². The minimum atomic E-state index is -4.53. The summed E-state index contributed by atoms with van der Waals surface area (Å²) in [4.78, 5) is 23.1. The lowest BCUT2D eigenvalue weighted by Crippen LogP contribution is -2.48. The van der Waals surface area contributed by atoms with E-state index in [0.717, 1.165) is 15.2 Å². The van der Waals surface area contributed by atoms with Crippen molar-refractivity contribution in [1.29, 1.82) is 0 Å². The summed E-state index contributed by atoms with van der Waals surface area (Å²) in [5.41, 5.74) is -0.542. The van der Waals surface area contributed by atoms with Gasteiger partial charge in [0.25, 0.3) is 15.9 Å². The number of ether oxygens (including phenoxy) is 3. The van der Waals surface area contributed by atoms with Gasteiger partial charge >= 0.3 is 12.7 Å². The van der Waals surface area contributed by atoms with Crippen LogP contribution in [0.15, 0.2) is 29.3 Å². The highest BCUT2D eigenvalue weighted by molar-refractivity contribution is 7.93. The van der Waals surface area contributed by atoms with Gasteiger partial charge in [-0.2, -0.15) is 8.78 Å². The molecule has 204 valence electrons. The number of carbonyl (C=O) groups excluding carboxylic acids is 2. The Morgan fingerprint density at radius 1 is 1.30 bits per heavy atom. The number of hydrogen-bond acceptors (Lipinski definition) is 8. The predicted molar refractivity (Wildman–Crippen MR) is 128 cm³/mol. The molecule has 0 aliphatic carbocycles. The van der Waals surface area contributed by atoms with Crippen molar-refractivity contribution in [3.05, 3.63) is 24.4 Å². The number of rotatable bonds is 8. The zero-order valence-corrected chi connectivity index (χ0v) is 21.8. The smallest absolute Gasteiger partial charge is 0.412 e. The minimum absolute atomic E-state index is 0.0205. The Labute approximate surface area is 212 Å². The molecule has 1 aliphatic heterocycles. The Morgan fingerprint density at radius 2 is 2.00 bits per heavy atom. The molecule has 12 nitrogen and oxygen atoms in total. The van der Waals surface area contributed by atoms with E-state index >= 15 is 0 Å². The number of alkyl halides is 2. The topological polar surface area (TPSA) is 141 Å². The zero-order chi connectivity index (χ0) is 27.5. The van der Waals surface area contributed by atoms with Gasteiger partial charge in [-0.1, -0.05) is 0 Å². The number of nitrogens with zero attached hydrogens (tertiary/aromatic N) is 3. The average Bonchev–Trinajstić information content (AvgIpc) is 3.18. The Bertz CT molecular complexity index is 1260. The number of aromatic nitrogens is 2. The molecule has 1 atom stereocenters. The fourth-order valence-corrected chi connectivity index (χ4v) is 4.98. The molecule has 2 heterocycles. The van der Waals surface area contributed by atoms with Crippen molar-refractivity contribution in [2.24, 2.45) is 0 Å². The van der Waals surface area contributed by atoms with E-state index in [1.165, 1.54) is 25.1 Å². The highest BCUT2D eigenvalue weighted by Gasteiger charge is 2.38. The number of nitrogens with one attached hydrogen (secondary N) is 2. The lowest BCUT2D eigenvalue weighted by molar-refractivity contribution is -0.119. The molecule has 3 rings (SSSR count). The lowest BCUT2D eigenvalue weighted by Gasteiger charge is -2.35. The van der Waals surface area contributed by atoms with E-state index in [9.17, 15) is 26.8 Å². The van der Waals surface area contributed by atoms with Crippen molar-refractivity contribution in [2.75, 3.05) is 22.7 Å². The molecule has 1 aromatic carbocycles. The molecule has 0 saturated heterocycles. The number of fused-ring (bicyclic) bond motifs is 1. The van der Waals surface area contributed by atoms with Gasteiger partial charge in [0.15, 0.2) is 4.90 Å². The molecule has 2 amide bonds. The second-order valence-corrected chi connectivity index (χ2v) is 10.9. The van der Waals surface area contributed by atoms with Crippen LogP contribution in [0.5, 0.6) is 11.6 Å². The molecule has 2 N–H and O–H groups in total. The van der Waals surface area contributed by atoms with Crippen molar-refractivity contribution in [2.45, 2.75) is 64.4 Å². The van der Waals surface area contributed by atoms with Crippen LogP contribution in [0.3, 0.4) is 0 Å². The summed E-state index contributed by atoms with van der Waals surface area (Å²) < 4.78 is 71.2. The average molecular weight is 546 g/mol. The van der Waals surface area contributed by atoms with Crippen LogP contribution in [0.2, 0.25) is 0 Å². The molecule has 2 aromatic rings. The first-order valence-electron chi connectivity index (χ1n) is 11.3. The number of amides is 2. The van der Waals surface area contributed by atoms with E-state index in [2.05, 4.69) is 20.5 Å². The van der Waals surface area contributed by atoms with Crippen LogP contribution < -0.4 is 24.4 Å². The summed E-state index contributed by atoms with van der Waals surface area (Å²) >= 11 is 0. The Hall–Kier alpha value is -3.62. The first-order chi connectivity index (χ1) is 17.2. The van der Waals surface area contributed by atoms with Gasteiger partial charge in [0, 0.05) is 25.4 Å². The molecule has 0 bridgehead atoms. The van der Waals surface area contributed by atoms with Crippen molar-refractivity contribution >= 4 is 33.4 Å². The number of anilines is 2. The predicted octanol–water partition coefficient (Wildman–Crippen LogP) is 2.94. The van der Waals surface area contributed by atoms with Gasteiger partial charge < -0.3 is 19.5 Å². The number of hydrogen-bond donors (Lipinski definition) is 2. The lowest BCUT2D eigenvalue weighted by atomic mass is 10.2. The maximum absolute atomic E-state index is 13.8. The van der Waals surface area contributed by atoms with Crippen LogP contribution in [-0.2, 0) is 26.1 Å². The number of benzene rings is 1. The SMILES string of the molecule is CCn1cc(S(=O)(=O)N2CC(CNC(C)=O)Oc3ccc(NC(=O)OC(C)(C)C)cc32)c(OC(F)F)n1. The molecule has 15 heteroatoms. The van der Waals surface area contributed by atoms with E-state index in [4.69, 9.17) is 9.47 Å². The van der Waals surface area contributed by atoms with E-state index in [1.54, 1.807) is 27.7 Å². The van der Waals surface area contributed by atoms with Gasteiger partial charge in [-0.05, 0) is 45.9 Å². The minimum Gasteiger partial charge on any atom is -0.484 e. The molecule has 0 spiro atoms. The van der Waals surface area contributed by atoms with E-state index in [-0.39, 0.29) is 42.7 Å². The second-order valence-electron chi connectivity index (χ2n) is 9.06. The first kappa shape index (κ1) is 28.0. The van der Waals surface area contributed by atoms with Crippen molar-refractivity contribution in [1.82, 2.24) is 15.1 Å². The second kappa shape index (κ2) is 10.8. The summed E-state index contributed by atoms with van der Waals surface area (Å²) in [7, 11) is -4.53. The molecule has 1 aliphatic rings. The first-order valence-corrected chi connectivity index (χ1v) is 12.7. The maximum Gasteiger partial charge on any atom is 0.412 e. The summed E-state index contributed by atoms with van der Waals surface area (Å²) in [5, 5.41) is 8.90. The van der Waals surface area contributed by atoms with Crippen molar-refractivity contribution in [3.8, 4) is 11.6 Å². The Balaban J connectivity index is 2.05. The summed E-state index contributed by atoms with van der Waals surface area (Å²) in [6, 6.07) is 4.27. The molecule has 0 radical (unpaired) electrons. The van der Waals surface area contributed by atoms with Crippen LogP contribution in [0.25, 0.3) is 0 Å². The Morgan fingerprint density at radius 3 is 2.59 bits per heavy atom. The fraction of sp³-hybridized carbons (Fsp3) is 0.500. The summed E-state index contributed by atoms with van der Waals surface area (Å²) in [6.07, 6.45) is -0.483. The van der Waals surface area contributed by atoms with Crippen LogP contribution in [0.4, 0.5) is 25.0 Å². The largest absolute Gasteiger partial charge is 0.484 e. The molecule has 1 aromatic heterocycles. The molecule has 1 unspecified atom stereocenters. The van der Waals surface area contributed by atoms with E-state index < -0.39 is 45.2 Å². The van der Waals surface area contributed by atoms with E-state index in [0.29, 0.717) is 0 Å².